The van der Waals surface area contributed by atoms with Crippen molar-refractivity contribution in [2.24, 2.45) is 0 Å². The van der Waals surface area contributed by atoms with Crippen LogP contribution in [0.25, 0.3) is 11.3 Å². The van der Waals surface area contributed by atoms with Gasteiger partial charge < -0.3 is 15.4 Å². The van der Waals surface area contributed by atoms with Crippen LogP contribution in [0.15, 0.2) is 30.4 Å². The van der Waals surface area contributed by atoms with Gasteiger partial charge in [-0.1, -0.05) is 12.2 Å². The Morgan fingerprint density at radius 1 is 1.55 bits per heavy atom. The molecule has 2 heterocycles. The molecule has 22 heavy (non-hydrogen) atoms. The van der Waals surface area contributed by atoms with Gasteiger partial charge in [0.25, 0.3) is 0 Å². The summed E-state index contributed by atoms with van der Waals surface area (Å²) in [6, 6.07) is 6.23. The van der Waals surface area contributed by atoms with Crippen LogP contribution in [-0.4, -0.2) is 24.2 Å². The molecule has 0 amide bonds. The Bertz CT molecular complexity index is 723. The van der Waals surface area contributed by atoms with E-state index >= 15 is 0 Å². The van der Waals surface area contributed by atoms with E-state index in [1.54, 1.807) is 0 Å². The highest BCUT2D eigenvalue weighted by Crippen LogP contribution is 2.38. The van der Waals surface area contributed by atoms with Gasteiger partial charge in [0.15, 0.2) is 5.13 Å². The van der Waals surface area contributed by atoms with E-state index in [1.165, 1.54) is 11.3 Å². The average Bonchev–Trinajstić information content (AvgIpc) is 2.76. The first kappa shape index (κ1) is 14.9. The van der Waals surface area contributed by atoms with Gasteiger partial charge in [-0.25, -0.2) is 4.98 Å². The van der Waals surface area contributed by atoms with E-state index in [4.69, 9.17) is 10.5 Å². The third-order valence-corrected chi connectivity index (χ3v) is 4.45. The summed E-state index contributed by atoms with van der Waals surface area (Å²) < 4.78 is 5.96. The summed E-state index contributed by atoms with van der Waals surface area (Å²) in [5.74, 6) is 0.921. The normalized spacial score (nSPS) is 17.0. The van der Waals surface area contributed by atoms with E-state index in [9.17, 15) is 0 Å². The quantitative estimate of drug-likeness (QED) is 0.874. The lowest BCUT2D eigenvalue weighted by Crippen LogP contribution is -2.39. The van der Waals surface area contributed by atoms with Gasteiger partial charge in [0.1, 0.15) is 11.9 Å². The molecule has 2 N–H and O–H groups in total. The molecule has 2 aromatic rings. The van der Waals surface area contributed by atoms with E-state index in [0.29, 0.717) is 5.13 Å². The SMILES string of the molecule is C=C(C)CN1CC(C)Oc2ccc(-c3nc(N)sc3C)cc21. The lowest BCUT2D eigenvalue weighted by atomic mass is 10.1. The number of rotatable bonds is 3. The molecule has 0 fully saturated rings. The van der Waals surface area contributed by atoms with Crippen LogP contribution >= 0.6 is 11.3 Å². The Hall–Kier alpha value is -2.01. The second-order valence-corrected chi connectivity index (χ2v) is 7.14. The van der Waals surface area contributed by atoms with Crippen molar-refractivity contribution in [3.05, 3.63) is 35.2 Å². The first-order valence-corrected chi connectivity index (χ1v) is 8.19. The molecular formula is C17H21N3OS. The average molecular weight is 315 g/mol. The van der Waals surface area contributed by atoms with Gasteiger partial charge >= 0.3 is 0 Å². The van der Waals surface area contributed by atoms with Crippen molar-refractivity contribution >= 4 is 22.2 Å². The summed E-state index contributed by atoms with van der Waals surface area (Å²) in [4.78, 5) is 7.90. The van der Waals surface area contributed by atoms with Crippen LogP contribution in [0.4, 0.5) is 10.8 Å². The highest BCUT2D eigenvalue weighted by Gasteiger charge is 2.24. The Labute approximate surface area is 135 Å². The molecule has 1 atom stereocenters. The summed E-state index contributed by atoms with van der Waals surface area (Å²) >= 11 is 1.52. The molecule has 1 aromatic heterocycles. The van der Waals surface area contributed by atoms with Crippen LogP contribution in [0.3, 0.4) is 0 Å². The summed E-state index contributed by atoms with van der Waals surface area (Å²) in [5, 5.41) is 0.605. The van der Waals surface area contributed by atoms with Gasteiger partial charge in [-0.3, -0.25) is 0 Å². The number of nitrogen functional groups attached to an aromatic ring is 1. The van der Waals surface area contributed by atoms with E-state index in [2.05, 4.69) is 42.4 Å². The van der Waals surface area contributed by atoms with Crippen molar-refractivity contribution in [2.45, 2.75) is 26.9 Å². The second-order valence-electron chi connectivity index (χ2n) is 5.91. The number of fused-ring (bicyclic) bond motifs is 1. The number of benzene rings is 1. The molecule has 0 saturated heterocycles. The Balaban J connectivity index is 2.04. The zero-order valence-corrected chi connectivity index (χ0v) is 14.0. The smallest absolute Gasteiger partial charge is 0.180 e. The molecule has 4 nitrogen and oxygen atoms in total. The maximum atomic E-state index is 5.96. The van der Waals surface area contributed by atoms with E-state index < -0.39 is 0 Å². The predicted octanol–water partition coefficient (Wildman–Crippen LogP) is 3.86. The van der Waals surface area contributed by atoms with Crippen molar-refractivity contribution in [2.75, 3.05) is 23.7 Å². The third-order valence-electron chi connectivity index (χ3n) is 3.65. The first-order chi connectivity index (χ1) is 10.4. The second kappa shape index (κ2) is 5.65. The van der Waals surface area contributed by atoms with E-state index in [1.807, 2.05) is 13.0 Å². The number of thiazole rings is 1. The van der Waals surface area contributed by atoms with Gasteiger partial charge in [0.2, 0.25) is 0 Å². The number of hydrogen-bond acceptors (Lipinski definition) is 5. The molecule has 1 aliphatic rings. The lowest BCUT2D eigenvalue weighted by Gasteiger charge is -2.35. The van der Waals surface area contributed by atoms with Crippen molar-refractivity contribution in [1.82, 2.24) is 4.98 Å². The van der Waals surface area contributed by atoms with Gasteiger partial charge in [0, 0.05) is 17.0 Å². The van der Waals surface area contributed by atoms with Gasteiger partial charge in [0.05, 0.1) is 17.9 Å². The monoisotopic (exact) mass is 315 g/mol. The highest BCUT2D eigenvalue weighted by atomic mass is 32.1. The molecule has 3 rings (SSSR count). The van der Waals surface area contributed by atoms with Crippen LogP contribution in [0, 0.1) is 6.92 Å². The van der Waals surface area contributed by atoms with Crippen LogP contribution in [0.1, 0.15) is 18.7 Å². The minimum Gasteiger partial charge on any atom is -0.487 e. The summed E-state index contributed by atoms with van der Waals surface area (Å²) in [6.45, 7) is 11.9. The number of hydrogen-bond donors (Lipinski definition) is 1. The van der Waals surface area contributed by atoms with Crippen LogP contribution < -0.4 is 15.4 Å². The number of ether oxygens (including phenoxy) is 1. The molecule has 1 aliphatic heterocycles. The number of nitrogens with zero attached hydrogens (tertiary/aromatic N) is 2. The summed E-state index contributed by atoms with van der Waals surface area (Å²) in [7, 11) is 0. The fourth-order valence-electron chi connectivity index (χ4n) is 2.83. The molecule has 0 saturated carbocycles. The number of anilines is 2. The van der Waals surface area contributed by atoms with Gasteiger partial charge in [-0.05, 0) is 39.0 Å². The molecule has 0 bridgehead atoms. The minimum atomic E-state index is 0.175. The maximum absolute atomic E-state index is 5.96. The molecule has 116 valence electrons. The molecule has 1 aromatic carbocycles. The fourth-order valence-corrected chi connectivity index (χ4v) is 3.55. The van der Waals surface area contributed by atoms with Crippen molar-refractivity contribution < 1.29 is 4.74 Å². The lowest BCUT2D eigenvalue weighted by molar-refractivity contribution is 0.214. The Morgan fingerprint density at radius 2 is 2.32 bits per heavy atom. The molecular weight excluding hydrogens is 294 g/mol. The van der Waals surface area contributed by atoms with E-state index in [-0.39, 0.29) is 6.10 Å². The Morgan fingerprint density at radius 3 is 2.95 bits per heavy atom. The van der Waals surface area contributed by atoms with E-state index in [0.717, 1.165) is 46.2 Å². The highest BCUT2D eigenvalue weighted by molar-refractivity contribution is 7.15. The molecule has 0 radical (unpaired) electrons. The predicted molar refractivity (Wildman–Crippen MR) is 93.8 cm³/mol. The molecule has 0 spiro atoms. The zero-order valence-electron chi connectivity index (χ0n) is 13.2. The number of aromatic nitrogens is 1. The van der Waals surface area contributed by atoms with Gasteiger partial charge in [-0.2, -0.15) is 0 Å². The topological polar surface area (TPSA) is 51.4 Å². The fraction of sp³-hybridized carbons (Fsp3) is 0.353. The molecule has 1 unspecified atom stereocenters. The van der Waals surface area contributed by atoms with Crippen LogP contribution in [-0.2, 0) is 0 Å². The van der Waals surface area contributed by atoms with Crippen LogP contribution in [0.5, 0.6) is 5.75 Å². The van der Waals surface area contributed by atoms with Crippen LogP contribution in [0.2, 0.25) is 0 Å². The summed E-state index contributed by atoms with van der Waals surface area (Å²) in [6.07, 6.45) is 0.175. The van der Waals surface area contributed by atoms with Crippen molar-refractivity contribution in [1.29, 1.82) is 0 Å². The zero-order chi connectivity index (χ0) is 15.9. The minimum absolute atomic E-state index is 0.175. The van der Waals surface area contributed by atoms with Gasteiger partial charge in [-0.15, -0.1) is 11.3 Å². The standard InChI is InChI=1S/C17H21N3OS/c1-10(2)8-20-9-11(3)21-15-6-5-13(7-14(15)20)16-12(4)22-17(18)19-16/h5-7,11H,1,8-9H2,2-4H3,(H2,18,19). The third kappa shape index (κ3) is 2.81. The van der Waals surface area contributed by atoms with Crippen molar-refractivity contribution in [3.8, 4) is 17.0 Å². The molecule has 5 heteroatoms. The maximum Gasteiger partial charge on any atom is 0.180 e. The first-order valence-electron chi connectivity index (χ1n) is 7.37. The number of nitrogens with two attached hydrogens (primary N) is 1. The molecule has 0 aliphatic carbocycles. The van der Waals surface area contributed by atoms with Crippen molar-refractivity contribution in [3.63, 3.8) is 0 Å². The number of aryl methyl sites for hydroxylation is 1. The summed E-state index contributed by atoms with van der Waals surface area (Å²) in [5.41, 5.74) is 10.1. The Kier molecular flexibility index (Phi) is 3.83. The largest absolute Gasteiger partial charge is 0.487 e.